The van der Waals surface area contributed by atoms with Crippen LogP contribution in [-0.4, -0.2) is 42.5 Å². The minimum atomic E-state index is -3.79. The van der Waals surface area contributed by atoms with Crippen molar-refractivity contribution in [3.63, 3.8) is 0 Å². The number of primary sulfonamides is 1. The largest absolute Gasteiger partial charge is 0.496 e. The maximum Gasteiger partial charge on any atom is 0.262 e. The maximum absolute atomic E-state index is 13.3. The van der Waals surface area contributed by atoms with E-state index in [1.54, 1.807) is 50.4 Å². The van der Waals surface area contributed by atoms with Crippen molar-refractivity contribution in [1.82, 2.24) is 15.0 Å². The second-order valence-electron chi connectivity index (χ2n) is 8.53. The van der Waals surface area contributed by atoms with Crippen LogP contribution in [0.15, 0.2) is 92.7 Å². The monoisotopic (exact) mass is 565 g/mol. The van der Waals surface area contributed by atoms with Crippen molar-refractivity contribution in [2.75, 3.05) is 12.9 Å². The Labute approximate surface area is 230 Å². The van der Waals surface area contributed by atoms with Crippen molar-refractivity contribution in [2.24, 2.45) is 10.2 Å². The molecule has 3 N–H and O–H groups in total. The quantitative estimate of drug-likeness (QED) is 0.130. The van der Waals surface area contributed by atoms with E-state index in [9.17, 15) is 18.0 Å². The van der Waals surface area contributed by atoms with E-state index in [0.717, 1.165) is 22.9 Å². The van der Waals surface area contributed by atoms with Crippen LogP contribution in [0.3, 0.4) is 0 Å². The fourth-order valence-electron chi connectivity index (χ4n) is 3.85. The number of aryl methyl sites for hydroxylation is 1. The smallest absolute Gasteiger partial charge is 0.262 e. The van der Waals surface area contributed by atoms with Crippen molar-refractivity contribution in [3.8, 4) is 5.75 Å². The molecule has 4 aromatic rings. The van der Waals surface area contributed by atoms with Crippen LogP contribution in [0.1, 0.15) is 18.1 Å². The van der Waals surface area contributed by atoms with Crippen LogP contribution in [0.5, 0.6) is 5.75 Å². The van der Waals surface area contributed by atoms with Crippen LogP contribution in [0.2, 0.25) is 0 Å². The first-order chi connectivity index (χ1) is 18.7. The third-order valence-corrected chi connectivity index (χ3v) is 7.79. The van der Waals surface area contributed by atoms with Crippen LogP contribution in [0.4, 0.5) is 0 Å². The Balaban J connectivity index is 1.51. The lowest BCUT2D eigenvalue weighted by Crippen LogP contribution is -2.26. The van der Waals surface area contributed by atoms with Crippen molar-refractivity contribution >= 4 is 44.3 Å². The van der Waals surface area contributed by atoms with Gasteiger partial charge in [0.15, 0.2) is 5.16 Å². The number of nitrogens with zero attached hydrogens (tertiary/aromatic N) is 3. The van der Waals surface area contributed by atoms with Gasteiger partial charge in [-0.1, -0.05) is 48.2 Å². The third kappa shape index (κ3) is 6.91. The number of nitrogens with one attached hydrogen (secondary N) is 1. The summed E-state index contributed by atoms with van der Waals surface area (Å²) in [6.45, 7) is 2.05. The van der Waals surface area contributed by atoms with E-state index in [1.807, 2.05) is 24.3 Å². The number of ether oxygens (including phenoxy) is 1. The molecule has 4 rings (SSSR count). The normalized spacial score (nSPS) is 11.9. The van der Waals surface area contributed by atoms with Gasteiger partial charge in [-0.3, -0.25) is 14.2 Å². The molecule has 39 heavy (non-hydrogen) atoms. The fraction of sp³-hybridized carbons (Fsp3) is 0.185. The predicted molar refractivity (Wildman–Crippen MR) is 152 cm³/mol. The number of fused-ring (bicyclic) bond motifs is 1. The fourth-order valence-corrected chi connectivity index (χ4v) is 5.19. The zero-order chi connectivity index (χ0) is 28.0. The van der Waals surface area contributed by atoms with Gasteiger partial charge < -0.3 is 4.74 Å². The van der Waals surface area contributed by atoms with Gasteiger partial charge in [0.2, 0.25) is 10.0 Å². The lowest BCUT2D eigenvalue weighted by atomic mass is 10.1. The molecule has 1 heterocycles. The molecule has 0 bridgehead atoms. The Kier molecular flexibility index (Phi) is 8.79. The zero-order valence-electron chi connectivity index (χ0n) is 21.3. The van der Waals surface area contributed by atoms with E-state index in [2.05, 4.69) is 15.5 Å². The maximum atomic E-state index is 13.3. The van der Waals surface area contributed by atoms with Gasteiger partial charge in [0.25, 0.3) is 11.5 Å². The van der Waals surface area contributed by atoms with Gasteiger partial charge in [-0.15, -0.1) is 0 Å². The number of hydrazone groups is 1. The molecule has 0 aliphatic carbocycles. The van der Waals surface area contributed by atoms with Crippen molar-refractivity contribution in [2.45, 2.75) is 29.9 Å². The van der Waals surface area contributed by atoms with Crippen LogP contribution in [0, 0.1) is 0 Å². The summed E-state index contributed by atoms with van der Waals surface area (Å²) in [4.78, 5) is 30.6. The Morgan fingerprint density at radius 2 is 1.77 bits per heavy atom. The molecule has 202 valence electrons. The van der Waals surface area contributed by atoms with Crippen LogP contribution in [-0.2, 0) is 27.8 Å². The van der Waals surface area contributed by atoms with Gasteiger partial charge in [-0.25, -0.2) is 24.0 Å². The number of hydrogen-bond acceptors (Lipinski definition) is 8. The number of methoxy groups -OCH3 is 1. The van der Waals surface area contributed by atoms with E-state index >= 15 is 0 Å². The van der Waals surface area contributed by atoms with E-state index in [0.29, 0.717) is 33.9 Å². The molecule has 0 spiro atoms. The molecule has 0 atom stereocenters. The number of thioether (sulfide) groups is 1. The highest BCUT2D eigenvalue weighted by molar-refractivity contribution is 7.99. The second-order valence-corrected chi connectivity index (χ2v) is 11.0. The van der Waals surface area contributed by atoms with Crippen molar-refractivity contribution in [1.29, 1.82) is 0 Å². The topological polar surface area (TPSA) is 146 Å². The number of nitrogens with two attached hydrogens (primary N) is 1. The number of carbonyl (C=O) groups is 1. The highest BCUT2D eigenvalue weighted by Crippen LogP contribution is 2.20. The summed E-state index contributed by atoms with van der Waals surface area (Å²) in [5.74, 6) is 0.268. The Bertz CT molecular complexity index is 1700. The molecule has 1 aromatic heterocycles. The first-order valence-electron chi connectivity index (χ1n) is 11.9. The first kappa shape index (κ1) is 28.0. The minimum absolute atomic E-state index is 0.0154. The molecular formula is C27H27N5O5S2. The molecule has 12 heteroatoms. The lowest BCUT2D eigenvalue weighted by molar-refractivity contribution is -0.118. The van der Waals surface area contributed by atoms with E-state index in [1.165, 1.54) is 16.7 Å². The molecule has 1 amide bonds. The molecule has 0 unspecified atom stereocenters. The number of rotatable bonds is 10. The summed E-state index contributed by atoms with van der Waals surface area (Å²) in [6, 6.07) is 20.5. The third-order valence-electron chi connectivity index (χ3n) is 5.88. The first-order valence-corrected chi connectivity index (χ1v) is 14.4. The molecular weight excluding hydrogens is 538 g/mol. The highest BCUT2D eigenvalue weighted by atomic mass is 32.2. The molecule has 0 aliphatic heterocycles. The predicted octanol–water partition coefficient (Wildman–Crippen LogP) is 2.93. The summed E-state index contributed by atoms with van der Waals surface area (Å²) in [5.41, 5.74) is 5.01. The second kappa shape index (κ2) is 12.2. The number of aromatic nitrogens is 2. The number of amides is 1. The number of para-hydroxylation sites is 2. The SMILES string of the molecule is COc1ccccc1/C(C)=N/NC(=O)CSc1nc2ccccc2c(=O)n1CCc1ccc(S(N)(=O)=O)cc1. The van der Waals surface area contributed by atoms with Gasteiger partial charge >= 0.3 is 0 Å². The molecule has 3 aromatic carbocycles. The average Bonchev–Trinajstić information content (AvgIpc) is 2.94. The zero-order valence-corrected chi connectivity index (χ0v) is 23.0. The summed E-state index contributed by atoms with van der Waals surface area (Å²) in [6.07, 6.45) is 0.437. The Morgan fingerprint density at radius 1 is 1.08 bits per heavy atom. The van der Waals surface area contributed by atoms with Gasteiger partial charge in [0, 0.05) is 12.1 Å². The van der Waals surface area contributed by atoms with Crippen LogP contribution >= 0.6 is 11.8 Å². The average molecular weight is 566 g/mol. The van der Waals surface area contributed by atoms with E-state index in [4.69, 9.17) is 9.88 Å². The number of benzene rings is 3. The lowest BCUT2D eigenvalue weighted by Gasteiger charge is -2.13. The van der Waals surface area contributed by atoms with Gasteiger partial charge in [0.1, 0.15) is 5.75 Å². The number of sulfonamides is 1. The highest BCUT2D eigenvalue weighted by Gasteiger charge is 2.14. The molecule has 0 saturated heterocycles. The number of carbonyl (C=O) groups excluding carboxylic acids is 1. The van der Waals surface area contributed by atoms with Gasteiger partial charge in [-0.2, -0.15) is 5.10 Å². The Hall–Kier alpha value is -4.00. The van der Waals surface area contributed by atoms with E-state index < -0.39 is 10.0 Å². The molecule has 0 aliphatic rings. The van der Waals surface area contributed by atoms with E-state index in [-0.39, 0.29) is 28.7 Å². The number of hydrogen-bond donors (Lipinski definition) is 2. The van der Waals surface area contributed by atoms with Crippen LogP contribution in [0.25, 0.3) is 10.9 Å². The van der Waals surface area contributed by atoms with Crippen molar-refractivity contribution < 1.29 is 17.9 Å². The Morgan fingerprint density at radius 3 is 2.49 bits per heavy atom. The minimum Gasteiger partial charge on any atom is -0.496 e. The van der Waals surface area contributed by atoms with Crippen LogP contribution < -0.4 is 20.9 Å². The van der Waals surface area contributed by atoms with Crippen molar-refractivity contribution in [3.05, 3.63) is 94.3 Å². The molecule has 0 radical (unpaired) electrons. The summed E-state index contributed by atoms with van der Waals surface area (Å²) >= 11 is 1.13. The summed E-state index contributed by atoms with van der Waals surface area (Å²) in [5, 5.41) is 10.2. The van der Waals surface area contributed by atoms with Gasteiger partial charge in [0.05, 0.1) is 34.4 Å². The standard InChI is InChI=1S/C27H27N5O5S2/c1-18(21-7-4-6-10-24(21)37-2)30-31-25(33)17-38-27-29-23-9-5-3-8-22(23)26(34)32(27)16-15-19-11-13-20(14-12-19)39(28,35)36/h3-14H,15-17H2,1-2H3,(H,31,33)(H2,28,35,36)/b30-18+. The summed E-state index contributed by atoms with van der Waals surface area (Å²) in [7, 11) is -2.23. The molecule has 0 saturated carbocycles. The van der Waals surface area contributed by atoms with Gasteiger partial charge in [-0.05, 0) is 55.3 Å². The molecule has 0 fully saturated rings. The summed E-state index contributed by atoms with van der Waals surface area (Å²) < 4.78 is 29.9. The molecule has 10 nitrogen and oxygen atoms in total.